The Labute approximate surface area is 109 Å². The lowest BCUT2D eigenvalue weighted by Gasteiger charge is -2.29. The summed E-state index contributed by atoms with van der Waals surface area (Å²) in [5, 5.41) is 12.5. The number of nitrogens with one attached hydrogen (secondary N) is 2. The molecule has 2 aliphatic rings. The van der Waals surface area contributed by atoms with Gasteiger partial charge in [-0.3, -0.25) is 0 Å². The number of hydrogen-bond acceptors (Lipinski definition) is 4. The number of aliphatic hydroxyl groups excluding tert-OH is 1. The Hall–Kier alpha value is -0.210. The second-order valence-corrected chi connectivity index (χ2v) is 6.93. The molecule has 0 spiro atoms. The van der Waals surface area contributed by atoms with Crippen LogP contribution in [0.2, 0.25) is 0 Å². The minimum atomic E-state index is -3.32. The van der Waals surface area contributed by atoms with Gasteiger partial charge in [-0.05, 0) is 31.6 Å². The number of piperazine rings is 1. The van der Waals surface area contributed by atoms with Gasteiger partial charge in [-0.25, -0.2) is 4.72 Å². The molecule has 1 aliphatic carbocycles. The van der Waals surface area contributed by atoms with Crippen molar-refractivity contribution in [2.75, 3.05) is 32.7 Å². The fourth-order valence-corrected chi connectivity index (χ4v) is 3.84. The van der Waals surface area contributed by atoms with E-state index in [0.717, 1.165) is 38.8 Å². The molecule has 3 N–H and O–H groups in total. The van der Waals surface area contributed by atoms with E-state index in [4.69, 9.17) is 0 Å². The van der Waals surface area contributed by atoms with E-state index in [0.29, 0.717) is 25.6 Å². The Balaban J connectivity index is 1.77. The maximum atomic E-state index is 12.0. The molecule has 0 aromatic heterocycles. The molecule has 2 rings (SSSR count). The maximum Gasteiger partial charge on any atom is 0.279 e. The fourth-order valence-electron chi connectivity index (χ4n) is 2.55. The number of aliphatic hydroxyl groups is 1. The van der Waals surface area contributed by atoms with Crippen LogP contribution in [0.5, 0.6) is 0 Å². The Morgan fingerprint density at radius 3 is 2.39 bits per heavy atom. The van der Waals surface area contributed by atoms with Crippen molar-refractivity contribution in [2.45, 2.75) is 31.8 Å². The zero-order chi connectivity index (χ0) is 13.0. The lowest BCUT2D eigenvalue weighted by molar-refractivity contribution is 0.109. The summed E-state index contributed by atoms with van der Waals surface area (Å²) in [6.07, 6.45) is 3.21. The van der Waals surface area contributed by atoms with Crippen molar-refractivity contribution in [1.29, 1.82) is 0 Å². The largest absolute Gasteiger partial charge is 0.393 e. The van der Waals surface area contributed by atoms with Crippen LogP contribution in [0.3, 0.4) is 0 Å². The van der Waals surface area contributed by atoms with Gasteiger partial charge in [0.05, 0.1) is 6.10 Å². The van der Waals surface area contributed by atoms with Gasteiger partial charge >= 0.3 is 0 Å². The predicted molar refractivity (Wildman–Crippen MR) is 69.3 cm³/mol. The van der Waals surface area contributed by atoms with Crippen molar-refractivity contribution < 1.29 is 13.5 Å². The summed E-state index contributed by atoms with van der Waals surface area (Å²) in [7, 11) is -3.32. The van der Waals surface area contributed by atoms with Crippen LogP contribution in [0.4, 0.5) is 0 Å². The molecular formula is C11H23N3O3S. The van der Waals surface area contributed by atoms with Gasteiger partial charge in [-0.1, -0.05) is 0 Å². The molecule has 7 heteroatoms. The molecule has 1 saturated heterocycles. The van der Waals surface area contributed by atoms with E-state index in [-0.39, 0.29) is 6.10 Å². The topological polar surface area (TPSA) is 81.7 Å². The zero-order valence-electron chi connectivity index (χ0n) is 10.6. The Morgan fingerprint density at radius 1 is 1.17 bits per heavy atom. The summed E-state index contributed by atoms with van der Waals surface area (Å²) in [6.45, 7) is 3.02. The summed E-state index contributed by atoms with van der Waals surface area (Å²) in [5.74, 6) is 0.367. The van der Waals surface area contributed by atoms with E-state index in [9.17, 15) is 13.5 Å². The van der Waals surface area contributed by atoms with Crippen molar-refractivity contribution in [3.63, 3.8) is 0 Å². The molecule has 1 heterocycles. The van der Waals surface area contributed by atoms with Crippen LogP contribution in [0.25, 0.3) is 0 Å². The zero-order valence-corrected chi connectivity index (χ0v) is 11.5. The van der Waals surface area contributed by atoms with E-state index >= 15 is 0 Å². The molecule has 18 heavy (non-hydrogen) atoms. The highest BCUT2D eigenvalue weighted by Gasteiger charge is 2.25. The Bertz CT molecular complexity index is 347. The van der Waals surface area contributed by atoms with E-state index in [1.165, 1.54) is 4.31 Å². The lowest BCUT2D eigenvalue weighted by atomic mass is 9.88. The molecule has 6 nitrogen and oxygen atoms in total. The first-order valence-electron chi connectivity index (χ1n) is 6.71. The summed E-state index contributed by atoms with van der Waals surface area (Å²) in [6, 6.07) is 0. The highest BCUT2D eigenvalue weighted by atomic mass is 32.2. The molecular weight excluding hydrogens is 254 g/mol. The van der Waals surface area contributed by atoms with Gasteiger partial charge in [0.1, 0.15) is 0 Å². The normalized spacial score (nSPS) is 31.4. The van der Waals surface area contributed by atoms with Crippen molar-refractivity contribution >= 4 is 10.2 Å². The summed E-state index contributed by atoms with van der Waals surface area (Å²) in [5.41, 5.74) is 0. The minimum Gasteiger partial charge on any atom is -0.393 e. The summed E-state index contributed by atoms with van der Waals surface area (Å²) in [4.78, 5) is 0. The molecule has 0 radical (unpaired) electrons. The van der Waals surface area contributed by atoms with E-state index in [2.05, 4.69) is 10.0 Å². The van der Waals surface area contributed by atoms with Crippen molar-refractivity contribution in [2.24, 2.45) is 5.92 Å². The van der Waals surface area contributed by atoms with Crippen LogP contribution in [-0.4, -0.2) is 56.7 Å². The van der Waals surface area contributed by atoms with Gasteiger partial charge in [0.15, 0.2) is 0 Å². The van der Waals surface area contributed by atoms with Gasteiger partial charge in [0, 0.05) is 32.7 Å². The van der Waals surface area contributed by atoms with E-state index < -0.39 is 10.2 Å². The average molecular weight is 277 g/mol. The SMILES string of the molecule is O=S(=O)(NCC1CCC(O)CC1)N1CCNCC1. The van der Waals surface area contributed by atoms with Crippen LogP contribution >= 0.6 is 0 Å². The first-order valence-corrected chi connectivity index (χ1v) is 8.15. The molecule has 106 valence electrons. The smallest absolute Gasteiger partial charge is 0.279 e. The number of nitrogens with zero attached hydrogens (tertiary/aromatic N) is 1. The quantitative estimate of drug-likeness (QED) is 0.633. The van der Waals surface area contributed by atoms with E-state index in [1.54, 1.807) is 0 Å². The van der Waals surface area contributed by atoms with Crippen molar-refractivity contribution in [3.8, 4) is 0 Å². The summed E-state index contributed by atoms with van der Waals surface area (Å²) < 4.78 is 28.3. The second-order valence-electron chi connectivity index (χ2n) is 5.18. The Morgan fingerprint density at radius 2 is 1.78 bits per heavy atom. The van der Waals surface area contributed by atoms with Crippen LogP contribution in [0, 0.1) is 5.92 Å². The molecule has 1 aliphatic heterocycles. The standard InChI is InChI=1S/C11H23N3O3S/c15-11-3-1-10(2-4-11)9-13-18(16,17)14-7-5-12-6-8-14/h10-13,15H,1-9H2. The van der Waals surface area contributed by atoms with Crippen LogP contribution < -0.4 is 10.0 Å². The molecule has 0 unspecified atom stereocenters. The highest BCUT2D eigenvalue weighted by Crippen LogP contribution is 2.23. The van der Waals surface area contributed by atoms with E-state index in [1.807, 2.05) is 0 Å². The van der Waals surface area contributed by atoms with Gasteiger partial charge in [-0.2, -0.15) is 12.7 Å². The minimum absolute atomic E-state index is 0.189. The average Bonchev–Trinajstić information content (AvgIpc) is 2.39. The third-order valence-corrected chi connectivity index (χ3v) is 5.36. The third-order valence-electron chi connectivity index (χ3n) is 3.79. The molecule has 0 aromatic rings. The van der Waals surface area contributed by atoms with Crippen molar-refractivity contribution in [1.82, 2.24) is 14.3 Å². The van der Waals surface area contributed by atoms with Gasteiger partial charge in [-0.15, -0.1) is 0 Å². The second kappa shape index (κ2) is 6.29. The summed E-state index contributed by atoms with van der Waals surface area (Å²) >= 11 is 0. The van der Waals surface area contributed by atoms with Gasteiger partial charge in [0.2, 0.25) is 0 Å². The highest BCUT2D eigenvalue weighted by molar-refractivity contribution is 7.87. The van der Waals surface area contributed by atoms with Crippen LogP contribution in [-0.2, 0) is 10.2 Å². The first kappa shape index (κ1) is 14.2. The lowest BCUT2D eigenvalue weighted by Crippen LogP contribution is -2.51. The maximum absolute atomic E-state index is 12.0. The van der Waals surface area contributed by atoms with Gasteiger partial charge in [0.25, 0.3) is 10.2 Å². The Kier molecular flexibility index (Phi) is 4.97. The monoisotopic (exact) mass is 277 g/mol. The van der Waals surface area contributed by atoms with Crippen molar-refractivity contribution in [3.05, 3.63) is 0 Å². The number of rotatable bonds is 4. The molecule has 0 amide bonds. The van der Waals surface area contributed by atoms with Crippen LogP contribution in [0.1, 0.15) is 25.7 Å². The third kappa shape index (κ3) is 3.89. The predicted octanol–water partition coefficient (Wildman–Crippen LogP) is -0.723. The molecule has 0 atom stereocenters. The fraction of sp³-hybridized carbons (Fsp3) is 1.00. The van der Waals surface area contributed by atoms with Gasteiger partial charge < -0.3 is 10.4 Å². The van der Waals surface area contributed by atoms with Crippen LogP contribution in [0.15, 0.2) is 0 Å². The first-order chi connectivity index (χ1) is 8.58. The molecule has 0 aromatic carbocycles. The molecule has 1 saturated carbocycles. The molecule has 2 fully saturated rings. The molecule has 0 bridgehead atoms. The number of hydrogen-bond donors (Lipinski definition) is 3.